The van der Waals surface area contributed by atoms with Gasteiger partial charge in [-0.25, -0.2) is 4.79 Å². The molecule has 0 aliphatic carbocycles. The molecule has 0 aromatic heterocycles. The molecule has 0 spiro atoms. The average molecular weight is 393 g/mol. The minimum absolute atomic E-state index is 0.177. The highest BCUT2D eigenvalue weighted by molar-refractivity contribution is 7.99. The summed E-state index contributed by atoms with van der Waals surface area (Å²) < 4.78 is 25.3. The first-order chi connectivity index (χ1) is 12.8. The predicted octanol–water partition coefficient (Wildman–Crippen LogP) is 4.72. The molecule has 0 saturated heterocycles. The number of rotatable bonds is 6. The normalized spacial score (nSPS) is 10.6. The summed E-state index contributed by atoms with van der Waals surface area (Å²) in [6.45, 7) is 3.59. The van der Waals surface area contributed by atoms with E-state index in [0.717, 1.165) is 16.8 Å². The number of carbonyl (C=O) groups excluding carboxylic acids is 2. The Kier molecular flexibility index (Phi) is 7.18. The number of urea groups is 1. The summed E-state index contributed by atoms with van der Waals surface area (Å²) >= 11 is 0.352. The molecule has 2 N–H and O–H groups in total. The Bertz CT molecular complexity index is 810. The number of nitrogens with zero attached hydrogens (tertiary/aromatic N) is 1. The van der Waals surface area contributed by atoms with Crippen LogP contribution in [0.4, 0.5) is 25.0 Å². The van der Waals surface area contributed by atoms with Crippen LogP contribution in [-0.4, -0.2) is 36.2 Å². The molecule has 8 heteroatoms. The van der Waals surface area contributed by atoms with Crippen molar-refractivity contribution < 1.29 is 18.4 Å². The zero-order valence-electron chi connectivity index (χ0n) is 15.3. The number of halogens is 2. The van der Waals surface area contributed by atoms with Crippen molar-refractivity contribution in [1.29, 1.82) is 0 Å². The lowest BCUT2D eigenvalue weighted by Gasteiger charge is -2.19. The molecule has 0 fully saturated rings. The number of hydrogen-bond donors (Lipinski definition) is 2. The minimum Gasteiger partial charge on any atom is -0.324 e. The van der Waals surface area contributed by atoms with Crippen molar-refractivity contribution in [2.75, 3.05) is 24.2 Å². The zero-order valence-corrected chi connectivity index (χ0v) is 16.1. The van der Waals surface area contributed by atoms with Crippen molar-refractivity contribution in [2.24, 2.45) is 0 Å². The zero-order chi connectivity index (χ0) is 20.0. The van der Waals surface area contributed by atoms with E-state index in [2.05, 4.69) is 10.6 Å². The van der Waals surface area contributed by atoms with Gasteiger partial charge in [-0.1, -0.05) is 42.1 Å². The lowest BCUT2D eigenvalue weighted by Crippen LogP contribution is -2.38. The van der Waals surface area contributed by atoms with E-state index >= 15 is 0 Å². The van der Waals surface area contributed by atoms with Crippen LogP contribution in [-0.2, 0) is 4.79 Å². The molecule has 0 aliphatic heterocycles. The topological polar surface area (TPSA) is 61.4 Å². The van der Waals surface area contributed by atoms with Crippen LogP contribution in [0.25, 0.3) is 0 Å². The third-order valence-electron chi connectivity index (χ3n) is 3.82. The number of likely N-dealkylation sites (N-methyl/N-ethyl adjacent to an activating group) is 1. The first kappa shape index (κ1) is 20.7. The van der Waals surface area contributed by atoms with Gasteiger partial charge in [0, 0.05) is 17.6 Å². The van der Waals surface area contributed by atoms with E-state index in [1.807, 2.05) is 32.0 Å². The highest BCUT2D eigenvalue weighted by Crippen LogP contribution is 2.31. The number of aryl methyl sites for hydroxylation is 2. The SMILES string of the molecule is Cc1cccc(C)c1NC(=O)CN(C)C(=O)Nc1ccccc1SC(F)F. The molecule has 0 aliphatic rings. The van der Waals surface area contributed by atoms with Crippen molar-refractivity contribution in [3.63, 3.8) is 0 Å². The fourth-order valence-electron chi connectivity index (χ4n) is 2.46. The van der Waals surface area contributed by atoms with Crippen molar-refractivity contribution in [2.45, 2.75) is 24.5 Å². The molecule has 2 rings (SSSR count). The molecule has 0 heterocycles. The van der Waals surface area contributed by atoms with Crippen LogP contribution in [0.3, 0.4) is 0 Å². The molecule has 0 unspecified atom stereocenters. The Morgan fingerprint density at radius 3 is 2.30 bits per heavy atom. The second-order valence-corrected chi connectivity index (χ2v) is 7.01. The maximum Gasteiger partial charge on any atom is 0.322 e. The van der Waals surface area contributed by atoms with Gasteiger partial charge in [0.25, 0.3) is 5.76 Å². The average Bonchev–Trinajstić information content (AvgIpc) is 2.59. The minimum atomic E-state index is -2.59. The largest absolute Gasteiger partial charge is 0.324 e. The molecule has 0 atom stereocenters. The van der Waals surface area contributed by atoms with E-state index in [1.165, 1.54) is 24.1 Å². The number of nitrogens with one attached hydrogen (secondary N) is 2. The van der Waals surface area contributed by atoms with Gasteiger partial charge in [0.15, 0.2) is 0 Å². The van der Waals surface area contributed by atoms with Gasteiger partial charge in [-0.3, -0.25) is 4.79 Å². The number of carbonyl (C=O) groups is 2. The van der Waals surface area contributed by atoms with Gasteiger partial charge in [-0.15, -0.1) is 0 Å². The molecule has 3 amide bonds. The van der Waals surface area contributed by atoms with E-state index in [9.17, 15) is 18.4 Å². The second kappa shape index (κ2) is 9.36. The molecule has 2 aromatic carbocycles. The molecule has 5 nitrogen and oxygen atoms in total. The standard InChI is InChI=1S/C19H21F2N3O2S/c1-12-7-6-8-13(2)17(12)23-16(25)11-24(3)19(26)22-14-9-4-5-10-15(14)27-18(20)21/h4-10,18H,11H2,1-3H3,(H,22,26)(H,23,25). The first-order valence-corrected chi connectivity index (χ1v) is 9.08. The summed E-state index contributed by atoms with van der Waals surface area (Å²) in [7, 11) is 1.46. The van der Waals surface area contributed by atoms with Crippen LogP contribution < -0.4 is 10.6 Å². The lowest BCUT2D eigenvalue weighted by atomic mass is 10.1. The summed E-state index contributed by atoms with van der Waals surface area (Å²) in [5.74, 6) is -2.94. The van der Waals surface area contributed by atoms with E-state index in [-0.39, 0.29) is 23.0 Å². The molecule has 0 radical (unpaired) electrons. The molecular formula is C19H21F2N3O2S. The molecule has 0 bridgehead atoms. The highest BCUT2D eigenvalue weighted by Gasteiger charge is 2.17. The first-order valence-electron chi connectivity index (χ1n) is 8.20. The van der Waals surface area contributed by atoms with Gasteiger partial charge >= 0.3 is 6.03 Å². The summed E-state index contributed by atoms with van der Waals surface area (Å²) in [4.78, 5) is 26.0. The highest BCUT2D eigenvalue weighted by atomic mass is 32.2. The number of para-hydroxylation sites is 2. The Balaban J connectivity index is 1.99. The summed E-state index contributed by atoms with van der Waals surface area (Å²) in [5.41, 5.74) is 2.84. The van der Waals surface area contributed by atoms with Crippen LogP contribution in [0.5, 0.6) is 0 Å². The molecule has 27 heavy (non-hydrogen) atoms. The summed E-state index contributed by atoms with van der Waals surface area (Å²) in [6.07, 6.45) is 0. The van der Waals surface area contributed by atoms with Gasteiger partial charge < -0.3 is 15.5 Å². The second-order valence-electron chi connectivity index (χ2n) is 5.98. The maximum atomic E-state index is 12.6. The Labute approximate surface area is 161 Å². The van der Waals surface area contributed by atoms with Gasteiger partial charge in [0.1, 0.15) is 6.54 Å². The monoisotopic (exact) mass is 393 g/mol. The Morgan fingerprint density at radius 2 is 1.67 bits per heavy atom. The number of alkyl halides is 2. The number of benzene rings is 2. The van der Waals surface area contributed by atoms with E-state index in [4.69, 9.17) is 0 Å². The van der Waals surface area contributed by atoms with Crippen molar-refractivity contribution in [1.82, 2.24) is 4.90 Å². The third kappa shape index (κ3) is 5.96. The van der Waals surface area contributed by atoms with Crippen LogP contribution in [0.2, 0.25) is 0 Å². The molecular weight excluding hydrogens is 372 g/mol. The van der Waals surface area contributed by atoms with Crippen LogP contribution in [0.15, 0.2) is 47.4 Å². The van der Waals surface area contributed by atoms with Crippen molar-refractivity contribution in [3.05, 3.63) is 53.6 Å². The van der Waals surface area contributed by atoms with Crippen LogP contribution in [0, 0.1) is 13.8 Å². The maximum absolute atomic E-state index is 12.6. The predicted molar refractivity (Wildman–Crippen MR) is 104 cm³/mol. The number of amides is 3. The number of anilines is 2. The van der Waals surface area contributed by atoms with E-state index in [1.54, 1.807) is 12.1 Å². The van der Waals surface area contributed by atoms with Gasteiger partial charge in [-0.2, -0.15) is 8.78 Å². The van der Waals surface area contributed by atoms with E-state index in [0.29, 0.717) is 11.8 Å². The summed E-state index contributed by atoms with van der Waals surface area (Å²) in [6, 6.07) is 11.4. The van der Waals surface area contributed by atoms with Crippen molar-refractivity contribution in [3.8, 4) is 0 Å². The fraction of sp³-hybridized carbons (Fsp3) is 0.263. The molecule has 144 valence electrons. The molecule has 0 saturated carbocycles. The number of thioether (sulfide) groups is 1. The van der Waals surface area contributed by atoms with Crippen LogP contribution >= 0.6 is 11.8 Å². The van der Waals surface area contributed by atoms with Gasteiger partial charge in [-0.05, 0) is 37.1 Å². The lowest BCUT2D eigenvalue weighted by molar-refractivity contribution is -0.116. The molecule has 2 aromatic rings. The van der Waals surface area contributed by atoms with Gasteiger partial charge in [0.05, 0.1) is 5.69 Å². The fourth-order valence-corrected chi connectivity index (χ4v) is 3.05. The van der Waals surface area contributed by atoms with Gasteiger partial charge in [0.2, 0.25) is 5.91 Å². The number of hydrogen-bond acceptors (Lipinski definition) is 3. The smallest absolute Gasteiger partial charge is 0.322 e. The summed E-state index contributed by atoms with van der Waals surface area (Å²) in [5, 5.41) is 5.36. The Morgan fingerprint density at radius 1 is 1.04 bits per heavy atom. The third-order valence-corrected chi connectivity index (χ3v) is 4.61. The van der Waals surface area contributed by atoms with Crippen LogP contribution in [0.1, 0.15) is 11.1 Å². The Hall–Kier alpha value is -2.61. The van der Waals surface area contributed by atoms with E-state index < -0.39 is 11.8 Å². The van der Waals surface area contributed by atoms with Crippen molar-refractivity contribution >= 4 is 35.1 Å². The quantitative estimate of drug-likeness (QED) is 0.698.